The van der Waals surface area contributed by atoms with E-state index in [4.69, 9.17) is 0 Å². The molecule has 0 saturated carbocycles. The molecule has 0 radical (unpaired) electrons. The minimum atomic E-state index is -3.21. The summed E-state index contributed by atoms with van der Waals surface area (Å²) >= 11 is 0. The first-order valence-corrected chi connectivity index (χ1v) is 8.84. The number of benzene rings is 2. The van der Waals surface area contributed by atoms with Gasteiger partial charge in [0.1, 0.15) is 0 Å². The third kappa shape index (κ3) is 4.99. The number of rotatable bonds is 6. The molecular weight excluding hydrogens is 282 g/mol. The minimum absolute atomic E-state index is 0.422. The monoisotopic (exact) mass is 303 g/mol. The fourth-order valence-electron chi connectivity index (χ4n) is 2.16. The molecule has 0 unspecified atom stereocenters. The number of sulfonamides is 1. The van der Waals surface area contributed by atoms with Crippen molar-refractivity contribution in [1.29, 1.82) is 0 Å². The van der Waals surface area contributed by atoms with Crippen molar-refractivity contribution in [3.8, 4) is 0 Å². The van der Waals surface area contributed by atoms with Crippen LogP contribution in [0.5, 0.6) is 0 Å². The highest BCUT2D eigenvalue weighted by molar-refractivity contribution is 7.88. The maximum absolute atomic E-state index is 11.9. The molecule has 2 aromatic rings. The Labute approximate surface area is 127 Å². The molecule has 4 heteroatoms. The first-order chi connectivity index (χ1) is 9.95. The summed E-state index contributed by atoms with van der Waals surface area (Å²) in [6.07, 6.45) is 1.99. The first-order valence-electron chi connectivity index (χ1n) is 7.00. The van der Waals surface area contributed by atoms with Crippen LogP contribution in [-0.2, 0) is 23.0 Å². The van der Waals surface area contributed by atoms with Crippen molar-refractivity contribution >= 4 is 10.0 Å². The predicted molar refractivity (Wildman–Crippen MR) is 86.6 cm³/mol. The second kappa shape index (κ2) is 6.87. The van der Waals surface area contributed by atoms with Gasteiger partial charge in [-0.2, -0.15) is 4.31 Å². The molecule has 112 valence electrons. The second-order valence-electron chi connectivity index (χ2n) is 5.32. The lowest BCUT2D eigenvalue weighted by atomic mass is 10.1. The van der Waals surface area contributed by atoms with Gasteiger partial charge < -0.3 is 0 Å². The molecule has 0 heterocycles. The third-order valence-corrected chi connectivity index (χ3v) is 4.69. The molecule has 3 nitrogen and oxygen atoms in total. The van der Waals surface area contributed by atoms with E-state index in [-0.39, 0.29) is 0 Å². The molecular formula is C17H21NO2S. The van der Waals surface area contributed by atoms with Gasteiger partial charge in [0.25, 0.3) is 0 Å². The van der Waals surface area contributed by atoms with Crippen LogP contribution in [0.4, 0.5) is 0 Å². The summed E-state index contributed by atoms with van der Waals surface area (Å²) in [6, 6.07) is 17.9. The lowest BCUT2D eigenvalue weighted by Crippen LogP contribution is -2.31. The molecule has 0 N–H and O–H groups in total. The summed E-state index contributed by atoms with van der Waals surface area (Å²) in [6.45, 7) is 2.96. The quantitative estimate of drug-likeness (QED) is 0.822. The van der Waals surface area contributed by atoms with Gasteiger partial charge in [0.2, 0.25) is 10.0 Å². The molecule has 0 aliphatic heterocycles. The van der Waals surface area contributed by atoms with Gasteiger partial charge >= 0.3 is 0 Å². The van der Waals surface area contributed by atoms with Gasteiger partial charge in [-0.3, -0.25) is 0 Å². The van der Waals surface area contributed by atoms with Crippen molar-refractivity contribution in [3.63, 3.8) is 0 Å². The maximum Gasteiger partial charge on any atom is 0.211 e. The van der Waals surface area contributed by atoms with Crippen molar-refractivity contribution in [3.05, 3.63) is 71.3 Å². The van der Waals surface area contributed by atoms with Crippen LogP contribution in [0.15, 0.2) is 54.6 Å². The van der Waals surface area contributed by atoms with Crippen LogP contribution in [0.2, 0.25) is 0 Å². The predicted octanol–water partition coefficient (Wildman–Crippen LogP) is 3.00. The molecule has 0 spiro atoms. The summed E-state index contributed by atoms with van der Waals surface area (Å²) in [5, 5.41) is 0. The van der Waals surface area contributed by atoms with Crippen molar-refractivity contribution in [2.24, 2.45) is 0 Å². The Morgan fingerprint density at radius 3 is 2.10 bits per heavy atom. The molecule has 0 aromatic heterocycles. The fourth-order valence-corrected chi connectivity index (χ4v) is 2.96. The van der Waals surface area contributed by atoms with Gasteiger partial charge in [-0.1, -0.05) is 60.2 Å². The van der Waals surface area contributed by atoms with Gasteiger partial charge in [-0.25, -0.2) is 8.42 Å². The largest absolute Gasteiger partial charge is 0.212 e. The molecule has 0 bridgehead atoms. The van der Waals surface area contributed by atoms with Gasteiger partial charge in [0.05, 0.1) is 6.26 Å². The van der Waals surface area contributed by atoms with E-state index in [0.717, 1.165) is 17.5 Å². The second-order valence-corrected chi connectivity index (χ2v) is 7.30. The zero-order valence-electron chi connectivity index (χ0n) is 12.5. The Hall–Kier alpha value is -1.65. The maximum atomic E-state index is 11.9. The van der Waals surface area contributed by atoms with Crippen LogP contribution >= 0.6 is 0 Å². The smallest absolute Gasteiger partial charge is 0.211 e. The lowest BCUT2D eigenvalue weighted by Gasteiger charge is -2.20. The molecule has 0 aliphatic carbocycles. The Kier molecular flexibility index (Phi) is 5.15. The highest BCUT2D eigenvalue weighted by Crippen LogP contribution is 2.11. The molecule has 21 heavy (non-hydrogen) atoms. The lowest BCUT2D eigenvalue weighted by molar-refractivity contribution is 0.413. The van der Waals surface area contributed by atoms with Crippen molar-refractivity contribution in [2.75, 3.05) is 12.8 Å². The average Bonchev–Trinajstić information content (AvgIpc) is 2.45. The standard InChI is InChI=1S/C17H21NO2S/c1-15-8-10-16(11-9-15)12-13-18(21(2,19)20)14-17-6-4-3-5-7-17/h3-11H,12-14H2,1-2H3. The summed E-state index contributed by atoms with van der Waals surface area (Å²) < 4.78 is 25.4. The van der Waals surface area contributed by atoms with E-state index in [0.29, 0.717) is 13.1 Å². The van der Waals surface area contributed by atoms with Crippen molar-refractivity contribution in [2.45, 2.75) is 19.9 Å². The average molecular weight is 303 g/mol. The molecule has 0 atom stereocenters. The van der Waals surface area contributed by atoms with Crippen LogP contribution in [0.3, 0.4) is 0 Å². The Morgan fingerprint density at radius 1 is 0.905 bits per heavy atom. The molecule has 2 aromatic carbocycles. The third-order valence-electron chi connectivity index (χ3n) is 3.44. The van der Waals surface area contributed by atoms with Crippen LogP contribution in [0.1, 0.15) is 16.7 Å². The van der Waals surface area contributed by atoms with Crippen molar-refractivity contribution < 1.29 is 8.42 Å². The number of hydrogen-bond acceptors (Lipinski definition) is 2. The molecule has 2 rings (SSSR count). The van der Waals surface area contributed by atoms with Gasteiger partial charge in [0, 0.05) is 13.1 Å². The molecule has 0 saturated heterocycles. The summed E-state index contributed by atoms with van der Waals surface area (Å²) in [4.78, 5) is 0. The highest BCUT2D eigenvalue weighted by atomic mass is 32.2. The Balaban J connectivity index is 2.05. The number of nitrogens with zero attached hydrogens (tertiary/aromatic N) is 1. The molecule has 0 amide bonds. The highest BCUT2D eigenvalue weighted by Gasteiger charge is 2.16. The van der Waals surface area contributed by atoms with E-state index >= 15 is 0 Å². The number of aryl methyl sites for hydroxylation is 1. The van der Waals surface area contributed by atoms with Gasteiger partial charge in [-0.05, 0) is 24.5 Å². The van der Waals surface area contributed by atoms with Crippen LogP contribution in [0.25, 0.3) is 0 Å². The Morgan fingerprint density at radius 2 is 1.52 bits per heavy atom. The number of hydrogen-bond donors (Lipinski definition) is 0. The molecule has 0 aliphatic rings. The Bertz CT molecular complexity index is 664. The zero-order valence-corrected chi connectivity index (χ0v) is 13.3. The van der Waals surface area contributed by atoms with Crippen LogP contribution < -0.4 is 0 Å². The fraction of sp³-hybridized carbons (Fsp3) is 0.294. The summed E-state index contributed by atoms with van der Waals surface area (Å²) in [7, 11) is -3.21. The minimum Gasteiger partial charge on any atom is -0.212 e. The summed E-state index contributed by atoms with van der Waals surface area (Å²) in [5.74, 6) is 0. The first kappa shape index (κ1) is 15.7. The van der Waals surface area contributed by atoms with E-state index in [1.54, 1.807) is 0 Å². The normalized spacial score (nSPS) is 11.8. The van der Waals surface area contributed by atoms with Crippen molar-refractivity contribution in [1.82, 2.24) is 4.31 Å². The van der Waals surface area contributed by atoms with E-state index in [9.17, 15) is 8.42 Å². The summed E-state index contributed by atoms with van der Waals surface area (Å²) in [5.41, 5.74) is 3.37. The van der Waals surface area contributed by atoms with E-state index in [2.05, 4.69) is 24.3 Å². The van der Waals surface area contributed by atoms with Crippen LogP contribution in [0, 0.1) is 6.92 Å². The van der Waals surface area contributed by atoms with E-state index < -0.39 is 10.0 Å². The zero-order chi connectivity index (χ0) is 15.3. The SMILES string of the molecule is Cc1ccc(CCN(Cc2ccccc2)S(C)(=O)=O)cc1. The van der Waals surface area contributed by atoms with E-state index in [1.807, 2.05) is 37.3 Å². The topological polar surface area (TPSA) is 37.4 Å². The molecule has 0 fully saturated rings. The van der Waals surface area contributed by atoms with Gasteiger partial charge in [-0.15, -0.1) is 0 Å². The van der Waals surface area contributed by atoms with E-state index in [1.165, 1.54) is 16.1 Å². The van der Waals surface area contributed by atoms with Gasteiger partial charge in [0.15, 0.2) is 0 Å². The van der Waals surface area contributed by atoms with Crippen LogP contribution in [-0.4, -0.2) is 25.5 Å².